The highest BCUT2D eigenvalue weighted by atomic mass is 28.3. The summed E-state index contributed by atoms with van der Waals surface area (Å²) in [5.74, 6) is 0.332. The Labute approximate surface area is 222 Å². The van der Waals surface area contributed by atoms with Crippen molar-refractivity contribution >= 4 is 14.0 Å². The molecule has 37 heavy (non-hydrogen) atoms. The third-order valence-corrected chi connectivity index (χ3v) is 15.6. The van der Waals surface area contributed by atoms with Crippen LogP contribution >= 0.6 is 0 Å². The van der Waals surface area contributed by atoms with Crippen LogP contribution in [0.1, 0.15) is 70.4 Å². The van der Waals surface area contributed by atoms with Crippen LogP contribution in [0.3, 0.4) is 0 Å². The number of carbonyl (C=O) groups excluding carboxylic acids is 1. The van der Waals surface area contributed by atoms with E-state index in [0.29, 0.717) is 30.2 Å². The molecule has 9 heteroatoms. The van der Waals surface area contributed by atoms with Gasteiger partial charge in [0, 0.05) is 51.5 Å². The third kappa shape index (κ3) is 4.53. The minimum absolute atomic E-state index is 0.0217. The van der Waals surface area contributed by atoms with Crippen LogP contribution in [-0.2, 0) is 27.2 Å². The van der Waals surface area contributed by atoms with E-state index in [1.165, 1.54) is 24.1 Å². The average molecular weight is 531 g/mol. The molecule has 1 saturated heterocycles. The standard InChI is InChI=1S/C28H46N4O4Si/c1-19-26(37(4,5)22-12-10-21(35-3)11-13-22)25(14-16-32-18-20(15-17-33)29-30-32)36-28(19)23-8-6-7-9-24(23)31(2)27(28)34/h18-19,21-22,25-26,33H,6-17H2,1-5H3/t19-,21?,22?,25+,26-,28+/m1/s1. The first-order chi connectivity index (χ1) is 17.7. The number of aryl methyl sites for hydroxylation is 1. The minimum atomic E-state index is -1.84. The number of nitrogens with zero attached hydrogens (tertiary/aromatic N) is 4. The number of rotatable bonds is 8. The average Bonchev–Trinajstić information content (AvgIpc) is 3.54. The van der Waals surface area contributed by atoms with Gasteiger partial charge in [-0.3, -0.25) is 9.48 Å². The van der Waals surface area contributed by atoms with Gasteiger partial charge in [-0.05, 0) is 61.6 Å². The summed E-state index contributed by atoms with van der Waals surface area (Å²) in [4.78, 5) is 16.0. The maximum absolute atomic E-state index is 14.0. The molecule has 1 spiro atoms. The monoisotopic (exact) mass is 530 g/mol. The molecule has 206 valence electrons. The van der Waals surface area contributed by atoms with Crippen molar-refractivity contribution in [1.29, 1.82) is 0 Å². The van der Waals surface area contributed by atoms with Crippen LogP contribution in [0.25, 0.3) is 0 Å². The van der Waals surface area contributed by atoms with Gasteiger partial charge in [0.2, 0.25) is 0 Å². The van der Waals surface area contributed by atoms with Crippen LogP contribution in [0.4, 0.5) is 0 Å². The van der Waals surface area contributed by atoms with Crippen molar-refractivity contribution < 1.29 is 19.4 Å². The summed E-state index contributed by atoms with van der Waals surface area (Å²) < 4.78 is 14.7. The van der Waals surface area contributed by atoms with Crippen LogP contribution in [-0.4, -0.2) is 77.6 Å². The van der Waals surface area contributed by atoms with E-state index in [4.69, 9.17) is 9.47 Å². The van der Waals surface area contributed by atoms with Crippen molar-refractivity contribution in [2.45, 2.75) is 120 Å². The predicted molar refractivity (Wildman–Crippen MR) is 145 cm³/mol. The number of carbonyl (C=O) groups is 1. The Morgan fingerprint density at radius 1 is 1.22 bits per heavy atom. The SMILES string of the molecule is COC1CCC([Si](C)(C)[C@H]2[C@H](CCn3cc(CCO)nn3)O[C@@]3(C(=O)N(C)C4=C3CCCC4)[C@@H]2C)CC1. The number of amides is 1. The van der Waals surface area contributed by atoms with Crippen molar-refractivity contribution in [2.75, 3.05) is 20.8 Å². The van der Waals surface area contributed by atoms with Gasteiger partial charge in [-0.2, -0.15) is 0 Å². The molecular weight excluding hydrogens is 484 g/mol. The molecule has 8 nitrogen and oxygen atoms in total. The molecule has 0 bridgehead atoms. The number of hydrogen-bond donors (Lipinski definition) is 1. The van der Waals surface area contributed by atoms with Gasteiger partial charge < -0.3 is 19.5 Å². The summed E-state index contributed by atoms with van der Waals surface area (Å²) >= 11 is 0. The lowest BCUT2D eigenvalue weighted by Gasteiger charge is -2.45. The zero-order valence-electron chi connectivity index (χ0n) is 23.4. The second-order valence-electron chi connectivity index (χ2n) is 12.5. The van der Waals surface area contributed by atoms with E-state index in [1.807, 2.05) is 29.9 Å². The van der Waals surface area contributed by atoms with Crippen LogP contribution < -0.4 is 0 Å². The second-order valence-corrected chi connectivity index (χ2v) is 17.6. The third-order valence-electron chi connectivity index (χ3n) is 10.3. The zero-order valence-corrected chi connectivity index (χ0v) is 24.4. The first-order valence-corrected chi connectivity index (χ1v) is 17.6. The summed E-state index contributed by atoms with van der Waals surface area (Å²) in [7, 11) is 1.96. The lowest BCUT2D eigenvalue weighted by atomic mass is 9.78. The fourth-order valence-corrected chi connectivity index (χ4v) is 13.4. The van der Waals surface area contributed by atoms with E-state index < -0.39 is 13.7 Å². The number of fused-ring (bicyclic) bond motifs is 1. The van der Waals surface area contributed by atoms with Crippen LogP contribution in [0.2, 0.25) is 24.2 Å². The first-order valence-electron chi connectivity index (χ1n) is 14.4. The van der Waals surface area contributed by atoms with Gasteiger partial charge >= 0.3 is 0 Å². The molecule has 0 unspecified atom stereocenters. The van der Waals surface area contributed by atoms with Crippen molar-refractivity contribution in [3.63, 3.8) is 0 Å². The highest BCUT2D eigenvalue weighted by molar-refractivity contribution is 6.80. The molecule has 1 saturated carbocycles. The Balaban J connectivity index is 1.46. The summed E-state index contributed by atoms with van der Waals surface area (Å²) in [6.07, 6.45) is 12.7. The van der Waals surface area contributed by atoms with Crippen molar-refractivity contribution in [1.82, 2.24) is 19.9 Å². The Bertz CT molecular complexity index is 1020. The van der Waals surface area contributed by atoms with Gasteiger partial charge in [-0.1, -0.05) is 38.1 Å². The van der Waals surface area contributed by atoms with Gasteiger partial charge in [0.05, 0.1) is 26.0 Å². The first kappa shape index (κ1) is 27.0. The predicted octanol–water partition coefficient (Wildman–Crippen LogP) is 4.31. The molecule has 0 radical (unpaired) electrons. The minimum Gasteiger partial charge on any atom is -0.396 e. The van der Waals surface area contributed by atoms with Crippen molar-refractivity contribution in [3.05, 3.63) is 23.2 Å². The number of aromatic nitrogens is 3. The Kier molecular flexibility index (Phi) is 7.70. The topological polar surface area (TPSA) is 89.7 Å². The Morgan fingerprint density at radius 3 is 2.65 bits per heavy atom. The van der Waals surface area contributed by atoms with E-state index in [2.05, 4.69) is 30.3 Å². The molecule has 0 aromatic carbocycles. The quantitative estimate of drug-likeness (QED) is 0.504. The maximum atomic E-state index is 14.0. The van der Waals surface area contributed by atoms with Gasteiger partial charge in [0.25, 0.3) is 5.91 Å². The number of allylic oxidation sites excluding steroid dienone is 1. The summed E-state index contributed by atoms with van der Waals surface area (Å²) in [6.45, 7) is 8.24. The molecule has 1 aromatic rings. The summed E-state index contributed by atoms with van der Waals surface area (Å²) in [5.41, 5.74) is 3.63. The molecule has 3 heterocycles. The second kappa shape index (κ2) is 10.5. The largest absolute Gasteiger partial charge is 0.396 e. The molecule has 4 aliphatic rings. The smallest absolute Gasteiger partial charge is 0.263 e. The molecule has 5 rings (SSSR count). The van der Waals surface area contributed by atoms with E-state index in [0.717, 1.165) is 50.6 Å². The Hall–Kier alpha value is -1.55. The molecule has 4 atom stereocenters. The van der Waals surface area contributed by atoms with Crippen molar-refractivity contribution in [3.8, 4) is 0 Å². The van der Waals surface area contributed by atoms with Crippen LogP contribution in [0.15, 0.2) is 17.5 Å². The molecule has 2 fully saturated rings. The molecule has 2 aliphatic heterocycles. The number of ether oxygens (including phenoxy) is 2. The molecular formula is C28H46N4O4Si. The number of aliphatic hydroxyl groups is 1. The normalized spacial score (nSPS) is 34.6. The zero-order chi connectivity index (χ0) is 26.4. The van der Waals surface area contributed by atoms with Gasteiger partial charge in [-0.25, -0.2) is 0 Å². The van der Waals surface area contributed by atoms with Gasteiger partial charge in [-0.15, -0.1) is 5.10 Å². The number of likely N-dealkylation sites (N-methyl/N-ethyl adjacent to an activating group) is 1. The number of methoxy groups -OCH3 is 1. The van der Waals surface area contributed by atoms with E-state index in [1.54, 1.807) is 0 Å². The lowest BCUT2D eigenvalue weighted by molar-refractivity contribution is -0.148. The summed E-state index contributed by atoms with van der Waals surface area (Å²) in [5, 5.41) is 17.8. The van der Waals surface area contributed by atoms with Crippen LogP contribution in [0, 0.1) is 5.92 Å². The van der Waals surface area contributed by atoms with E-state index in [-0.39, 0.29) is 24.5 Å². The fraction of sp³-hybridized carbons (Fsp3) is 0.821. The number of hydrogen-bond acceptors (Lipinski definition) is 6. The molecule has 1 N–H and O–H groups in total. The van der Waals surface area contributed by atoms with Gasteiger partial charge in [0.1, 0.15) is 0 Å². The molecule has 1 aromatic heterocycles. The van der Waals surface area contributed by atoms with Crippen LogP contribution in [0.5, 0.6) is 0 Å². The van der Waals surface area contributed by atoms with E-state index in [9.17, 15) is 9.90 Å². The Morgan fingerprint density at radius 2 is 1.95 bits per heavy atom. The molecule has 1 amide bonds. The number of aliphatic hydroxyl groups excluding tert-OH is 1. The highest BCUT2D eigenvalue weighted by Crippen LogP contribution is 2.61. The lowest BCUT2D eigenvalue weighted by Crippen LogP contribution is -2.49. The highest BCUT2D eigenvalue weighted by Gasteiger charge is 2.66. The van der Waals surface area contributed by atoms with E-state index >= 15 is 0 Å². The summed E-state index contributed by atoms with van der Waals surface area (Å²) in [6, 6.07) is 0. The molecule has 2 aliphatic carbocycles. The maximum Gasteiger partial charge on any atom is 0.263 e. The van der Waals surface area contributed by atoms with Gasteiger partial charge in [0.15, 0.2) is 5.60 Å². The van der Waals surface area contributed by atoms with Crippen molar-refractivity contribution in [2.24, 2.45) is 5.92 Å². The fourth-order valence-electron chi connectivity index (χ4n) is 8.36.